The first-order valence-corrected chi connectivity index (χ1v) is 23.9. The van der Waals surface area contributed by atoms with Crippen LogP contribution in [0.4, 0.5) is 23.8 Å². The van der Waals surface area contributed by atoms with Gasteiger partial charge in [0, 0.05) is 23.9 Å². The van der Waals surface area contributed by atoms with Crippen LogP contribution < -0.4 is 4.90 Å². The first kappa shape index (κ1) is 41.0. The van der Waals surface area contributed by atoms with Gasteiger partial charge in [-0.1, -0.05) is 78.7 Å². The van der Waals surface area contributed by atoms with E-state index >= 15 is 13.2 Å². The molecule has 0 spiro atoms. The van der Waals surface area contributed by atoms with E-state index in [0.717, 1.165) is 0 Å². The monoisotopic (exact) mass is 819 g/mol. The number of anilines is 1. The lowest BCUT2D eigenvalue weighted by atomic mass is 9.95. The number of fused-ring (bicyclic) bond motifs is 6. The van der Waals surface area contributed by atoms with Gasteiger partial charge in [-0.25, -0.2) is 41.3 Å². The molecule has 0 N–H and O–H groups in total. The smallest absolute Gasteiger partial charge is 0.410 e. The van der Waals surface area contributed by atoms with Gasteiger partial charge in [-0.2, -0.15) is 0 Å². The maximum atomic E-state index is 17.5. The Morgan fingerprint density at radius 2 is 1.65 bits per heavy atom. The average Bonchev–Trinajstić information content (AvgIpc) is 3.41. The number of benzene rings is 2. The quantitative estimate of drug-likeness (QED) is 0.108. The molecule has 0 radical (unpaired) electrons. The van der Waals surface area contributed by atoms with E-state index in [1.165, 1.54) is 13.0 Å². The Kier molecular flexibility index (Phi) is 10.5. The fourth-order valence-electron chi connectivity index (χ4n) is 9.81. The predicted molar refractivity (Wildman–Crippen MR) is 220 cm³/mol. The van der Waals surface area contributed by atoms with Gasteiger partial charge >= 0.3 is 6.09 Å². The molecule has 14 heteroatoms. The number of rotatable bonds is 6. The molecule has 2 aromatic heterocycles. The summed E-state index contributed by atoms with van der Waals surface area (Å²) in [5.41, 5.74) is 3.12. The number of halogens is 3. The third kappa shape index (κ3) is 6.76. The van der Waals surface area contributed by atoms with E-state index in [4.69, 9.17) is 9.72 Å². The SMILES string of the molecule is CCS(=O)(=O)c1nc2c3c(nc(-c4cccc5ccc(F)c(C#C[Si](C(C)C)(C(C)C)C(C)C)c45)c(F)c3n1)[C@H](F)C[C@@H]1[C@@H]3CC[C@H](CN21)N3C(=O)OC(C)(C)C. The van der Waals surface area contributed by atoms with Crippen molar-refractivity contribution in [1.29, 1.82) is 0 Å². The molecular weight excluding hydrogens is 768 g/mol. The summed E-state index contributed by atoms with van der Waals surface area (Å²) in [6.45, 7) is 20.0. The van der Waals surface area contributed by atoms with Crippen LogP contribution in [0.15, 0.2) is 35.5 Å². The molecule has 9 nitrogen and oxygen atoms in total. The molecular formula is C43H52F3N5O4SSi. The molecule has 4 aromatic rings. The summed E-state index contributed by atoms with van der Waals surface area (Å²) in [4.78, 5) is 30.6. The first-order chi connectivity index (χ1) is 26.7. The maximum Gasteiger partial charge on any atom is 0.410 e. The summed E-state index contributed by atoms with van der Waals surface area (Å²) in [6.07, 6.45) is -1.23. The normalized spacial score (nSPS) is 21.0. The fraction of sp³-hybridized carbons (Fsp3) is 0.535. The molecule has 5 heterocycles. The molecule has 4 atom stereocenters. The number of sulfone groups is 1. The highest BCUT2D eigenvalue weighted by atomic mass is 32.2. The molecule has 3 aliphatic rings. The molecule has 7 rings (SSSR count). The lowest BCUT2D eigenvalue weighted by Gasteiger charge is -2.47. The average molecular weight is 820 g/mol. The zero-order valence-corrected chi connectivity index (χ0v) is 36.2. The predicted octanol–water partition coefficient (Wildman–Crippen LogP) is 9.86. The van der Waals surface area contributed by atoms with Gasteiger partial charge in [-0.05, 0) is 61.7 Å². The van der Waals surface area contributed by atoms with Crippen LogP contribution in [0, 0.1) is 23.1 Å². The molecule has 0 saturated carbocycles. The second-order valence-corrected chi connectivity index (χ2v) is 25.5. The van der Waals surface area contributed by atoms with E-state index in [1.54, 1.807) is 49.9 Å². The molecule has 2 bridgehead atoms. The van der Waals surface area contributed by atoms with Crippen molar-refractivity contribution in [3.05, 3.63) is 53.2 Å². The molecule has 2 saturated heterocycles. The Labute approximate surface area is 334 Å². The van der Waals surface area contributed by atoms with E-state index in [9.17, 15) is 13.2 Å². The number of aromatic nitrogens is 3. The molecule has 1 amide bonds. The summed E-state index contributed by atoms with van der Waals surface area (Å²) >= 11 is 0. The summed E-state index contributed by atoms with van der Waals surface area (Å²) in [5, 5.41) is 0.311. The van der Waals surface area contributed by atoms with Crippen molar-refractivity contribution in [3.8, 4) is 22.7 Å². The number of hydrogen-bond acceptors (Lipinski definition) is 8. The standard InChI is InChI=1S/C43H52F3N5O4SSi/c1-11-56(53,54)41-48-39-35-38(31(45)21-33-32-18-16-27(22-50(33)40(35)49-41)51(32)42(52)55-43(8,9)10)47-37(36(39)46)29-14-12-13-26-15-17-30(44)28(34(26)29)19-20-57(23(2)3,24(4)5)25(6)7/h12-15,17,23-25,27,31-33H,11,16,18,21-22H2,1-10H3/t27-,31-,32+,33-/m1/s1. The number of alkyl halides is 1. The van der Waals surface area contributed by atoms with Gasteiger partial charge in [0.2, 0.25) is 15.0 Å². The number of pyridine rings is 1. The highest BCUT2D eigenvalue weighted by Gasteiger charge is 2.52. The van der Waals surface area contributed by atoms with Crippen molar-refractivity contribution in [2.45, 2.75) is 140 Å². The van der Waals surface area contributed by atoms with Crippen LogP contribution in [0.3, 0.4) is 0 Å². The van der Waals surface area contributed by atoms with Crippen LogP contribution in [0.2, 0.25) is 16.6 Å². The van der Waals surface area contributed by atoms with Gasteiger partial charge in [0.25, 0.3) is 0 Å². The van der Waals surface area contributed by atoms with Crippen molar-refractivity contribution < 1.29 is 31.1 Å². The number of nitrogens with zero attached hydrogens (tertiary/aromatic N) is 5. The van der Waals surface area contributed by atoms with E-state index in [0.29, 0.717) is 23.6 Å². The number of ether oxygens (including phenoxy) is 1. The Morgan fingerprint density at radius 3 is 2.28 bits per heavy atom. The van der Waals surface area contributed by atoms with E-state index in [2.05, 4.69) is 63.0 Å². The Bertz CT molecular complexity index is 2440. The lowest BCUT2D eigenvalue weighted by Crippen LogP contribution is -2.62. The number of piperazine rings is 1. The number of carbonyl (C=O) groups is 1. The highest BCUT2D eigenvalue weighted by Crippen LogP contribution is 2.48. The van der Waals surface area contributed by atoms with Gasteiger partial charge in [0.15, 0.2) is 5.82 Å². The summed E-state index contributed by atoms with van der Waals surface area (Å²) in [7, 11) is -6.44. The molecule has 0 unspecified atom stereocenters. The minimum absolute atomic E-state index is 0.0144. The third-order valence-electron chi connectivity index (χ3n) is 12.4. The molecule has 304 valence electrons. The number of amides is 1. The van der Waals surface area contributed by atoms with Crippen LogP contribution in [0.5, 0.6) is 0 Å². The summed E-state index contributed by atoms with van der Waals surface area (Å²) in [5.74, 6) is 1.41. The van der Waals surface area contributed by atoms with Crippen LogP contribution in [0.25, 0.3) is 32.9 Å². The van der Waals surface area contributed by atoms with Gasteiger partial charge in [-0.3, -0.25) is 4.90 Å². The van der Waals surface area contributed by atoms with Gasteiger partial charge in [-0.15, -0.1) is 5.54 Å². The first-order valence-electron chi connectivity index (χ1n) is 20.0. The van der Waals surface area contributed by atoms with Gasteiger partial charge in [0.1, 0.15) is 42.7 Å². The minimum Gasteiger partial charge on any atom is -0.444 e. The highest BCUT2D eigenvalue weighted by molar-refractivity contribution is 7.91. The maximum absolute atomic E-state index is 17.5. The van der Waals surface area contributed by atoms with Crippen LogP contribution in [0.1, 0.15) is 106 Å². The summed E-state index contributed by atoms with van der Waals surface area (Å²) in [6, 6.07) is 6.56. The van der Waals surface area contributed by atoms with Crippen molar-refractivity contribution >= 4 is 51.5 Å². The largest absolute Gasteiger partial charge is 0.444 e. The van der Waals surface area contributed by atoms with E-state index < -0.39 is 64.7 Å². The third-order valence-corrected chi connectivity index (χ3v) is 20.2. The van der Waals surface area contributed by atoms with Crippen molar-refractivity contribution in [1.82, 2.24) is 19.9 Å². The van der Waals surface area contributed by atoms with Gasteiger partial charge < -0.3 is 9.64 Å². The molecule has 0 aliphatic carbocycles. The number of carbonyl (C=O) groups excluding carboxylic acids is 1. The minimum atomic E-state index is -4.09. The molecule has 2 aromatic carbocycles. The molecule has 3 aliphatic heterocycles. The Balaban J connectivity index is 1.48. The van der Waals surface area contributed by atoms with Crippen molar-refractivity contribution in [2.24, 2.45) is 0 Å². The van der Waals surface area contributed by atoms with Gasteiger partial charge in [0.05, 0.1) is 40.5 Å². The van der Waals surface area contributed by atoms with Crippen molar-refractivity contribution in [3.63, 3.8) is 0 Å². The zero-order valence-electron chi connectivity index (χ0n) is 34.4. The van der Waals surface area contributed by atoms with E-state index in [1.807, 2.05) is 4.90 Å². The zero-order chi connectivity index (χ0) is 41.5. The van der Waals surface area contributed by atoms with Crippen LogP contribution in [-0.2, 0) is 14.6 Å². The second-order valence-electron chi connectivity index (χ2n) is 17.7. The summed E-state index contributed by atoms with van der Waals surface area (Å²) < 4.78 is 83.5. The second kappa shape index (κ2) is 14.6. The van der Waals surface area contributed by atoms with Crippen LogP contribution >= 0.6 is 0 Å². The molecule has 57 heavy (non-hydrogen) atoms. The van der Waals surface area contributed by atoms with E-state index in [-0.39, 0.29) is 80.6 Å². The lowest BCUT2D eigenvalue weighted by molar-refractivity contribution is 0.00600. The fourth-order valence-corrected chi connectivity index (χ4v) is 15.7. The number of hydrogen-bond donors (Lipinski definition) is 0. The van der Waals surface area contributed by atoms with Crippen molar-refractivity contribution in [2.75, 3.05) is 17.2 Å². The Morgan fingerprint density at radius 1 is 0.965 bits per heavy atom. The topological polar surface area (TPSA) is 106 Å². The molecule has 2 fully saturated rings. The van der Waals surface area contributed by atoms with Crippen LogP contribution in [-0.4, -0.2) is 78.5 Å². The Hall–Kier alpha value is -4.22.